The van der Waals surface area contributed by atoms with Crippen LogP contribution in [0.3, 0.4) is 0 Å². The molecule has 0 saturated carbocycles. The third-order valence-electron chi connectivity index (χ3n) is 2.33. The van der Waals surface area contributed by atoms with Crippen molar-refractivity contribution in [3.05, 3.63) is 35.9 Å². The first-order chi connectivity index (χ1) is 7.65. The van der Waals surface area contributed by atoms with Gasteiger partial charge in [0.15, 0.2) is 0 Å². The Bertz CT molecular complexity index is 329. The van der Waals surface area contributed by atoms with Crippen molar-refractivity contribution in [3.8, 4) is 0 Å². The minimum absolute atomic E-state index is 0.0653. The Morgan fingerprint density at radius 1 is 1.44 bits per heavy atom. The fourth-order valence-corrected chi connectivity index (χ4v) is 2.44. The fourth-order valence-electron chi connectivity index (χ4n) is 1.28. The predicted molar refractivity (Wildman–Crippen MR) is 67.5 cm³/mol. The Hall–Kier alpha value is -1.00. The van der Waals surface area contributed by atoms with Crippen LogP contribution >= 0.6 is 11.8 Å². The maximum Gasteiger partial charge on any atom is 0.321 e. The molecule has 4 heteroatoms. The second-order valence-corrected chi connectivity index (χ2v) is 4.77. The zero-order valence-electron chi connectivity index (χ0n) is 9.30. The molecule has 1 aromatic rings. The average Bonchev–Trinajstić information content (AvgIpc) is 2.30. The Kier molecular flexibility index (Phi) is 5.35. The average molecular weight is 239 g/mol. The normalized spacial score (nSPS) is 14.4. The van der Waals surface area contributed by atoms with Crippen LogP contribution in [0.5, 0.6) is 0 Å². The van der Waals surface area contributed by atoms with Gasteiger partial charge in [-0.15, -0.1) is 11.8 Å². The van der Waals surface area contributed by atoms with Crippen LogP contribution in [0, 0.1) is 0 Å². The van der Waals surface area contributed by atoms with E-state index in [9.17, 15) is 4.79 Å². The van der Waals surface area contributed by atoms with Gasteiger partial charge in [-0.1, -0.05) is 37.3 Å². The number of hydrogen-bond acceptors (Lipinski definition) is 3. The highest BCUT2D eigenvalue weighted by atomic mass is 32.2. The molecule has 88 valence electrons. The zero-order valence-corrected chi connectivity index (χ0v) is 10.1. The van der Waals surface area contributed by atoms with Gasteiger partial charge in [0.05, 0.1) is 0 Å². The van der Waals surface area contributed by atoms with Crippen LogP contribution in [-0.4, -0.2) is 22.9 Å². The third-order valence-corrected chi connectivity index (χ3v) is 3.76. The molecule has 0 radical (unpaired) electrons. The van der Waals surface area contributed by atoms with Crippen LogP contribution < -0.4 is 5.73 Å². The minimum atomic E-state index is -0.806. The van der Waals surface area contributed by atoms with Crippen LogP contribution in [0.15, 0.2) is 30.3 Å². The van der Waals surface area contributed by atoms with E-state index >= 15 is 0 Å². The zero-order chi connectivity index (χ0) is 12.0. The van der Waals surface area contributed by atoms with Crippen LogP contribution in [-0.2, 0) is 4.79 Å². The Labute approximate surface area is 100 Å². The summed E-state index contributed by atoms with van der Waals surface area (Å²) in [4.78, 5) is 11.1. The van der Waals surface area contributed by atoms with Gasteiger partial charge in [-0.2, -0.15) is 0 Å². The largest absolute Gasteiger partial charge is 0.480 e. The van der Waals surface area contributed by atoms with E-state index in [2.05, 4.69) is 0 Å². The van der Waals surface area contributed by atoms with Crippen molar-refractivity contribution in [1.29, 1.82) is 0 Å². The lowest BCUT2D eigenvalue weighted by Crippen LogP contribution is -2.23. The molecule has 16 heavy (non-hydrogen) atoms. The summed E-state index contributed by atoms with van der Waals surface area (Å²) >= 11 is 1.39. The molecule has 0 fully saturated rings. The van der Waals surface area contributed by atoms with Crippen molar-refractivity contribution in [2.75, 3.05) is 5.75 Å². The summed E-state index contributed by atoms with van der Waals surface area (Å²) in [5, 5.41) is 8.64. The summed E-state index contributed by atoms with van der Waals surface area (Å²) in [6.07, 6.45) is 0.869. The van der Waals surface area contributed by atoms with Gasteiger partial charge >= 0.3 is 5.97 Å². The standard InChI is InChI=1S/C12H17NO2S/c1-2-10(13)8-16-11(12(14)15)9-6-4-3-5-7-9/h3-7,10-11H,2,8,13H2,1H3,(H,14,15). The summed E-state index contributed by atoms with van der Waals surface area (Å²) in [5.41, 5.74) is 6.61. The molecule has 2 atom stereocenters. The second kappa shape index (κ2) is 6.55. The van der Waals surface area contributed by atoms with Gasteiger partial charge in [0.2, 0.25) is 0 Å². The molecule has 0 spiro atoms. The van der Waals surface area contributed by atoms with E-state index in [4.69, 9.17) is 10.8 Å². The van der Waals surface area contributed by atoms with Crippen LogP contribution in [0.25, 0.3) is 0 Å². The van der Waals surface area contributed by atoms with E-state index in [1.165, 1.54) is 11.8 Å². The summed E-state index contributed by atoms with van der Waals surface area (Å²) in [7, 11) is 0. The summed E-state index contributed by atoms with van der Waals surface area (Å²) in [6, 6.07) is 9.32. The molecule has 0 aliphatic heterocycles. The monoisotopic (exact) mass is 239 g/mol. The summed E-state index contributed by atoms with van der Waals surface area (Å²) < 4.78 is 0. The van der Waals surface area contributed by atoms with E-state index < -0.39 is 11.2 Å². The summed E-state index contributed by atoms with van der Waals surface area (Å²) in [5.74, 6) is -0.137. The molecule has 0 amide bonds. The lowest BCUT2D eigenvalue weighted by molar-refractivity contribution is -0.136. The number of benzene rings is 1. The second-order valence-electron chi connectivity index (χ2n) is 3.63. The van der Waals surface area contributed by atoms with E-state index in [-0.39, 0.29) is 6.04 Å². The van der Waals surface area contributed by atoms with Crippen molar-refractivity contribution in [3.63, 3.8) is 0 Å². The quantitative estimate of drug-likeness (QED) is 0.799. The highest BCUT2D eigenvalue weighted by Gasteiger charge is 2.20. The Balaban J connectivity index is 2.66. The molecule has 2 unspecified atom stereocenters. The molecule has 0 aliphatic rings. The lowest BCUT2D eigenvalue weighted by Gasteiger charge is -2.14. The molecule has 1 rings (SSSR count). The Morgan fingerprint density at radius 3 is 2.56 bits per heavy atom. The fraction of sp³-hybridized carbons (Fsp3) is 0.417. The van der Waals surface area contributed by atoms with Gasteiger partial charge in [-0.05, 0) is 12.0 Å². The first-order valence-corrected chi connectivity index (χ1v) is 6.35. The SMILES string of the molecule is CCC(N)CSC(C(=O)O)c1ccccc1. The van der Waals surface area contributed by atoms with Gasteiger partial charge in [0.1, 0.15) is 5.25 Å². The van der Waals surface area contributed by atoms with Gasteiger partial charge < -0.3 is 10.8 Å². The molecule has 3 nitrogen and oxygen atoms in total. The van der Waals surface area contributed by atoms with E-state index in [0.29, 0.717) is 5.75 Å². The molecule has 0 saturated heterocycles. The number of carbonyl (C=O) groups is 1. The molecule has 3 N–H and O–H groups in total. The van der Waals surface area contributed by atoms with Crippen molar-refractivity contribution in [2.45, 2.75) is 24.6 Å². The molecule has 0 heterocycles. The first-order valence-electron chi connectivity index (χ1n) is 5.30. The van der Waals surface area contributed by atoms with Crippen LogP contribution in [0.2, 0.25) is 0 Å². The van der Waals surface area contributed by atoms with Crippen molar-refractivity contribution in [2.24, 2.45) is 5.73 Å². The van der Waals surface area contributed by atoms with Gasteiger partial charge in [0.25, 0.3) is 0 Å². The van der Waals surface area contributed by atoms with Gasteiger partial charge in [0, 0.05) is 11.8 Å². The predicted octanol–water partition coefficient (Wildman–Crippen LogP) is 2.28. The molecule has 0 bridgehead atoms. The smallest absolute Gasteiger partial charge is 0.321 e. The van der Waals surface area contributed by atoms with E-state index in [1.807, 2.05) is 37.3 Å². The number of hydrogen-bond donors (Lipinski definition) is 2. The number of carboxylic acids is 1. The first kappa shape index (κ1) is 13.1. The molecule has 0 aromatic heterocycles. The highest BCUT2D eigenvalue weighted by Crippen LogP contribution is 2.29. The highest BCUT2D eigenvalue weighted by molar-refractivity contribution is 8.00. The topological polar surface area (TPSA) is 63.3 Å². The van der Waals surface area contributed by atoms with Crippen LogP contribution in [0.1, 0.15) is 24.2 Å². The van der Waals surface area contributed by atoms with Crippen LogP contribution in [0.4, 0.5) is 0 Å². The van der Waals surface area contributed by atoms with E-state index in [0.717, 1.165) is 12.0 Å². The van der Waals surface area contributed by atoms with Crippen molar-refractivity contribution < 1.29 is 9.90 Å². The van der Waals surface area contributed by atoms with Gasteiger partial charge in [-0.3, -0.25) is 4.79 Å². The maximum atomic E-state index is 11.1. The lowest BCUT2D eigenvalue weighted by atomic mass is 10.1. The number of thioether (sulfide) groups is 1. The molecular formula is C12H17NO2S. The minimum Gasteiger partial charge on any atom is -0.480 e. The molecular weight excluding hydrogens is 222 g/mol. The molecule has 1 aromatic carbocycles. The van der Waals surface area contributed by atoms with Crippen molar-refractivity contribution in [1.82, 2.24) is 0 Å². The number of carboxylic acid groups (broad SMARTS) is 1. The third kappa shape index (κ3) is 3.87. The molecule has 0 aliphatic carbocycles. The Morgan fingerprint density at radius 2 is 2.06 bits per heavy atom. The summed E-state index contributed by atoms with van der Waals surface area (Å²) in [6.45, 7) is 2.00. The number of aliphatic carboxylic acids is 1. The van der Waals surface area contributed by atoms with E-state index in [1.54, 1.807) is 0 Å². The number of nitrogens with two attached hydrogens (primary N) is 1. The number of rotatable bonds is 6. The maximum absolute atomic E-state index is 11.1. The van der Waals surface area contributed by atoms with Gasteiger partial charge in [-0.25, -0.2) is 0 Å². The van der Waals surface area contributed by atoms with Crippen molar-refractivity contribution >= 4 is 17.7 Å².